The number of hydrogen-bond donors (Lipinski definition) is 2. The summed E-state index contributed by atoms with van der Waals surface area (Å²) in [5.41, 5.74) is 0.930. The third-order valence-corrected chi connectivity index (χ3v) is 3.49. The van der Waals surface area contributed by atoms with E-state index in [0.29, 0.717) is 13.0 Å². The molecule has 17 heavy (non-hydrogen) atoms. The number of nitrogens with one attached hydrogen (secondary N) is 1. The van der Waals surface area contributed by atoms with E-state index in [1.165, 1.54) is 0 Å². The number of halogens is 1. The van der Waals surface area contributed by atoms with E-state index < -0.39 is 6.10 Å². The highest BCUT2D eigenvalue weighted by Gasteiger charge is 2.29. The van der Waals surface area contributed by atoms with Crippen molar-refractivity contribution in [2.75, 3.05) is 6.54 Å². The predicted molar refractivity (Wildman–Crippen MR) is 66.4 cm³/mol. The lowest BCUT2D eigenvalue weighted by atomic mass is 10.2. The zero-order valence-electron chi connectivity index (χ0n) is 9.23. The second-order valence-electron chi connectivity index (χ2n) is 4.05. The Labute approximate surface area is 108 Å². The van der Waals surface area contributed by atoms with Crippen molar-refractivity contribution in [1.82, 2.24) is 5.32 Å². The molecule has 0 radical (unpaired) electrons. The Morgan fingerprint density at radius 3 is 2.94 bits per heavy atom. The Hall–Kier alpha value is -0.910. The predicted octanol–water partition coefficient (Wildman–Crippen LogP) is 1.22. The lowest BCUT2D eigenvalue weighted by Crippen LogP contribution is -2.32. The van der Waals surface area contributed by atoms with E-state index in [4.69, 9.17) is 4.74 Å². The first-order valence-electron chi connectivity index (χ1n) is 5.48. The molecule has 0 aromatic heterocycles. The van der Waals surface area contributed by atoms with E-state index in [1.807, 2.05) is 24.3 Å². The number of β-amino-alcohol motifs (C(OH)–C–C–N with tert-alkyl or cyclic N) is 1. The minimum absolute atomic E-state index is 0.245. The van der Waals surface area contributed by atoms with Gasteiger partial charge in [-0.1, -0.05) is 34.1 Å². The van der Waals surface area contributed by atoms with Crippen LogP contribution < -0.4 is 5.32 Å². The molecule has 4 nitrogen and oxygen atoms in total. The van der Waals surface area contributed by atoms with E-state index in [1.54, 1.807) is 0 Å². The van der Waals surface area contributed by atoms with Gasteiger partial charge in [-0.3, -0.25) is 4.79 Å². The molecule has 0 spiro atoms. The second-order valence-corrected chi connectivity index (χ2v) is 4.90. The topological polar surface area (TPSA) is 58.6 Å². The first kappa shape index (κ1) is 12.5. The van der Waals surface area contributed by atoms with Gasteiger partial charge in [0.1, 0.15) is 12.6 Å². The number of hydrogen-bond acceptors (Lipinski definition) is 4. The van der Waals surface area contributed by atoms with Gasteiger partial charge in [-0.25, -0.2) is 0 Å². The summed E-state index contributed by atoms with van der Waals surface area (Å²) in [4.78, 5) is 11.7. The van der Waals surface area contributed by atoms with Crippen LogP contribution in [0, 0.1) is 0 Å². The van der Waals surface area contributed by atoms with Gasteiger partial charge < -0.3 is 15.2 Å². The van der Waals surface area contributed by atoms with Crippen molar-refractivity contribution < 1.29 is 14.6 Å². The molecule has 1 aliphatic heterocycles. The molecule has 1 fully saturated rings. The molecule has 2 N–H and O–H groups in total. The highest BCUT2D eigenvalue weighted by atomic mass is 79.9. The molecular formula is C12H14BrNO3. The summed E-state index contributed by atoms with van der Waals surface area (Å²) in [5.74, 6) is -0.308. The van der Waals surface area contributed by atoms with Crippen molar-refractivity contribution >= 4 is 21.9 Å². The Morgan fingerprint density at radius 1 is 1.53 bits per heavy atom. The molecule has 1 saturated heterocycles. The Morgan fingerprint density at radius 2 is 2.29 bits per heavy atom. The molecule has 92 valence electrons. The van der Waals surface area contributed by atoms with E-state index >= 15 is 0 Å². The maximum Gasteiger partial charge on any atom is 0.323 e. The van der Waals surface area contributed by atoms with Crippen molar-refractivity contribution in [1.29, 1.82) is 0 Å². The molecule has 0 unspecified atom stereocenters. The number of carbonyl (C=O) groups is 1. The van der Waals surface area contributed by atoms with Gasteiger partial charge in [-0.05, 0) is 6.07 Å². The van der Waals surface area contributed by atoms with Crippen LogP contribution in [0.5, 0.6) is 0 Å². The fourth-order valence-electron chi connectivity index (χ4n) is 1.76. The van der Waals surface area contributed by atoms with Crippen molar-refractivity contribution in [2.24, 2.45) is 0 Å². The van der Waals surface area contributed by atoms with E-state index in [9.17, 15) is 9.90 Å². The smallest absolute Gasteiger partial charge is 0.323 e. The first-order valence-corrected chi connectivity index (χ1v) is 6.27. The molecule has 0 bridgehead atoms. The summed E-state index contributed by atoms with van der Waals surface area (Å²) in [6, 6.07) is 7.22. The molecule has 0 amide bonds. The lowest BCUT2D eigenvalue weighted by molar-refractivity contribution is -0.147. The molecule has 1 aliphatic rings. The van der Waals surface area contributed by atoms with Gasteiger partial charge in [0.2, 0.25) is 0 Å². The molecule has 1 aromatic carbocycles. The van der Waals surface area contributed by atoms with Gasteiger partial charge in [-0.2, -0.15) is 0 Å². The third kappa shape index (κ3) is 3.28. The quantitative estimate of drug-likeness (QED) is 0.824. The molecule has 0 aliphatic carbocycles. The van der Waals surface area contributed by atoms with Crippen LogP contribution in [-0.4, -0.2) is 29.8 Å². The largest absolute Gasteiger partial charge is 0.460 e. The van der Waals surface area contributed by atoms with Crippen LogP contribution >= 0.6 is 15.9 Å². The highest BCUT2D eigenvalue weighted by Crippen LogP contribution is 2.17. The maximum atomic E-state index is 11.7. The molecule has 2 atom stereocenters. The number of carbonyl (C=O) groups excluding carboxylic acids is 1. The van der Waals surface area contributed by atoms with Crippen LogP contribution in [0.4, 0.5) is 0 Å². The van der Waals surface area contributed by atoms with Gasteiger partial charge in [-0.15, -0.1) is 0 Å². The van der Waals surface area contributed by atoms with Gasteiger partial charge in [0.05, 0.1) is 6.10 Å². The van der Waals surface area contributed by atoms with E-state index in [2.05, 4.69) is 21.2 Å². The Balaban J connectivity index is 1.86. The first-order chi connectivity index (χ1) is 8.16. The highest BCUT2D eigenvalue weighted by molar-refractivity contribution is 9.10. The van der Waals surface area contributed by atoms with Gasteiger partial charge in [0.25, 0.3) is 0 Å². The zero-order chi connectivity index (χ0) is 12.3. The second kappa shape index (κ2) is 5.62. The van der Waals surface area contributed by atoms with Gasteiger partial charge >= 0.3 is 5.97 Å². The summed E-state index contributed by atoms with van der Waals surface area (Å²) in [6.07, 6.45) is -0.0227. The molecular weight excluding hydrogens is 286 g/mol. The number of esters is 1. The summed E-state index contributed by atoms with van der Waals surface area (Å²) < 4.78 is 6.12. The van der Waals surface area contributed by atoms with E-state index in [0.717, 1.165) is 10.0 Å². The normalized spacial score (nSPS) is 23.6. The average molecular weight is 300 g/mol. The number of ether oxygens (including phenoxy) is 1. The Kier molecular flexibility index (Phi) is 4.15. The van der Waals surface area contributed by atoms with Crippen LogP contribution in [0.1, 0.15) is 12.0 Å². The van der Waals surface area contributed by atoms with Gasteiger partial charge in [0.15, 0.2) is 0 Å². The average Bonchev–Trinajstić information content (AvgIpc) is 2.74. The summed E-state index contributed by atoms with van der Waals surface area (Å²) in [5, 5.41) is 12.2. The van der Waals surface area contributed by atoms with Crippen LogP contribution in [-0.2, 0) is 16.1 Å². The fourth-order valence-corrected chi connectivity index (χ4v) is 2.16. The monoisotopic (exact) mass is 299 g/mol. The van der Waals surface area contributed by atoms with Crippen molar-refractivity contribution in [2.45, 2.75) is 25.2 Å². The molecule has 2 rings (SSSR count). The van der Waals surface area contributed by atoms with Crippen LogP contribution in [0.15, 0.2) is 28.7 Å². The molecule has 0 saturated carbocycles. The molecule has 1 heterocycles. The summed E-state index contributed by atoms with van der Waals surface area (Å²) in [6.45, 7) is 0.698. The van der Waals surface area contributed by atoms with Gasteiger partial charge in [0, 0.05) is 23.0 Å². The number of aliphatic hydroxyl groups is 1. The van der Waals surface area contributed by atoms with Crippen molar-refractivity contribution in [3.63, 3.8) is 0 Å². The Bertz CT molecular complexity index is 410. The maximum absolute atomic E-state index is 11.7. The van der Waals surface area contributed by atoms with Crippen LogP contribution in [0.3, 0.4) is 0 Å². The minimum atomic E-state index is -0.448. The van der Waals surface area contributed by atoms with Crippen LogP contribution in [0.25, 0.3) is 0 Å². The number of aliphatic hydroxyl groups excluding tert-OH is 1. The summed E-state index contributed by atoms with van der Waals surface area (Å²) >= 11 is 3.39. The lowest BCUT2D eigenvalue weighted by Gasteiger charge is -2.11. The SMILES string of the molecule is O=C(OCc1ccccc1Br)[C@@H]1C[C@H](O)CN1. The third-order valence-electron chi connectivity index (χ3n) is 2.72. The molecule has 5 heteroatoms. The minimum Gasteiger partial charge on any atom is -0.460 e. The summed E-state index contributed by atoms with van der Waals surface area (Å²) in [7, 11) is 0. The van der Waals surface area contributed by atoms with Crippen molar-refractivity contribution in [3.05, 3.63) is 34.3 Å². The number of rotatable bonds is 3. The van der Waals surface area contributed by atoms with Crippen molar-refractivity contribution in [3.8, 4) is 0 Å². The standard InChI is InChI=1S/C12H14BrNO3/c13-10-4-2-1-3-8(10)7-17-12(16)11-5-9(15)6-14-11/h1-4,9,11,14-15H,5-7H2/t9-,11-/m0/s1. The molecule has 1 aromatic rings. The zero-order valence-corrected chi connectivity index (χ0v) is 10.8. The van der Waals surface area contributed by atoms with E-state index in [-0.39, 0.29) is 18.6 Å². The van der Waals surface area contributed by atoms with Crippen LogP contribution in [0.2, 0.25) is 0 Å². The number of benzene rings is 1. The fraction of sp³-hybridized carbons (Fsp3) is 0.417.